The van der Waals surface area contributed by atoms with Gasteiger partial charge in [0.25, 0.3) is 0 Å². The van der Waals surface area contributed by atoms with Gasteiger partial charge in [0.15, 0.2) is 6.29 Å². The molecule has 0 aromatic heterocycles. The summed E-state index contributed by atoms with van der Waals surface area (Å²) in [5.41, 5.74) is -1.01. The number of methoxy groups -OCH3 is 2. The van der Waals surface area contributed by atoms with Crippen LogP contribution in [0.25, 0.3) is 0 Å². The van der Waals surface area contributed by atoms with E-state index in [2.05, 4.69) is 0 Å². The highest BCUT2D eigenvalue weighted by Gasteiger charge is 2.49. The Morgan fingerprint density at radius 1 is 1.33 bits per heavy atom. The molecular formula is C10H18O5. The third-order valence-electron chi connectivity index (χ3n) is 3.15. The minimum absolute atomic E-state index is 0.385. The molecule has 5 nitrogen and oxygen atoms in total. The number of aliphatic hydroxyl groups is 1. The molecule has 0 amide bonds. The van der Waals surface area contributed by atoms with Crippen LogP contribution in [0.2, 0.25) is 0 Å². The van der Waals surface area contributed by atoms with E-state index >= 15 is 0 Å². The molecule has 0 aromatic carbocycles. The molecule has 1 saturated carbocycles. The van der Waals surface area contributed by atoms with Crippen LogP contribution in [0.3, 0.4) is 0 Å². The fraction of sp³-hybridized carbons (Fsp3) is 0.900. The minimum atomic E-state index is -1.01. The summed E-state index contributed by atoms with van der Waals surface area (Å²) >= 11 is 0. The maximum Gasteiger partial charge on any atom is 0.314 e. The van der Waals surface area contributed by atoms with Crippen molar-refractivity contribution in [3.05, 3.63) is 0 Å². The van der Waals surface area contributed by atoms with Gasteiger partial charge in [0.2, 0.25) is 0 Å². The van der Waals surface area contributed by atoms with Crippen LogP contribution in [-0.2, 0) is 14.3 Å². The summed E-state index contributed by atoms with van der Waals surface area (Å²) in [5, 5.41) is 18.6. The number of carbonyl (C=O) groups is 1. The zero-order valence-electron chi connectivity index (χ0n) is 9.10. The molecule has 0 saturated heterocycles. The van der Waals surface area contributed by atoms with Gasteiger partial charge in [-0.25, -0.2) is 0 Å². The summed E-state index contributed by atoms with van der Waals surface area (Å²) in [6, 6.07) is 0. The van der Waals surface area contributed by atoms with Gasteiger partial charge < -0.3 is 19.7 Å². The smallest absolute Gasteiger partial charge is 0.314 e. The Bertz CT molecular complexity index is 216. The van der Waals surface area contributed by atoms with Crippen molar-refractivity contribution in [3.8, 4) is 0 Å². The Morgan fingerprint density at radius 2 is 1.80 bits per heavy atom. The van der Waals surface area contributed by atoms with Gasteiger partial charge in [0, 0.05) is 14.2 Å². The Kier molecular flexibility index (Phi) is 4.07. The van der Waals surface area contributed by atoms with Crippen molar-refractivity contribution in [2.45, 2.75) is 38.1 Å². The maximum atomic E-state index is 11.3. The topological polar surface area (TPSA) is 76.0 Å². The summed E-state index contributed by atoms with van der Waals surface area (Å²) in [7, 11) is 2.87. The van der Waals surface area contributed by atoms with E-state index in [9.17, 15) is 15.0 Å². The number of aliphatic hydroxyl groups excluding tert-OH is 1. The fourth-order valence-electron chi connectivity index (χ4n) is 2.22. The normalized spacial score (nSPS) is 31.9. The van der Waals surface area contributed by atoms with Gasteiger partial charge >= 0.3 is 5.97 Å². The monoisotopic (exact) mass is 218 g/mol. The van der Waals surface area contributed by atoms with E-state index in [1.165, 1.54) is 14.2 Å². The zero-order valence-corrected chi connectivity index (χ0v) is 9.10. The van der Waals surface area contributed by atoms with Crippen molar-refractivity contribution in [3.63, 3.8) is 0 Å². The zero-order chi connectivity index (χ0) is 11.5. The molecule has 1 aliphatic carbocycles. The van der Waals surface area contributed by atoms with Crippen molar-refractivity contribution >= 4 is 5.97 Å². The second-order valence-electron chi connectivity index (χ2n) is 4.00. The van der Waals surface area contributed by atoms with E-state index in [1.54, 1.807) is 0 Å². The lowest BCUT2D eigenvalue weighted by Crippen LogP contribution is -2.47. The van der Waals surface area contributed by atoms with Crippen molar-refractivity contribution in [2.24, 2.45) is 5.41 Å². The van der Waals surface area contributed by atoms with Crippen LogP contribution < -0.4 is 0 Å². The molecule has 2 N–H and O–H groups in total. The lowest BCUT2D eigenvalue weighted by Gasteiger charge is -2.39. The van der Waals surface area contributed by atoms with E-state index in [0.29, 0.717) is 25.7 Å². The second-order valence-corrected chi connectivity index (χ2v) is 4.00. The van der Waals surface area contributed by atoms with Gasteiger partial charge in [-0.15, -0.1) is 0 Å². The maximum absolute atomic E-state index is 11.3. The van der Waals surface area contributed by atoms with Gasteiger partial charge in [-0.1, -0.05) is 0 Å². The molecule has 5 heteroatoms. The second kappa shape index (κ2) is 4.92. The fourth-order valence-corrected chi connectivity index (χ4v) is 2.22. The van der Waals surface area contributed by atoms with Crippen molar-refractivity contribution < 1.29 is 24.5 Å². The molecule has 0 spiro atoms. The quantitative estimate of drug-likeness (QED) is 0.676. The van der Waals surface area contributed by atoms with Crippen LogP contribution in [-0.4, -0.2) is 42.8 Å². The Morgan fingerprint density at radius 3 is 2.13 bits per heavy atom. The summed E-state index contributed by atoms with van der Waals surface area (Å²) in [6.07, 6.45) is 0.589. The van der Waals surface area contributed by atoms with Gasteiger partial charge in [-0.05, 0) is 25.7 Å². The van der Waals surface area contributed by atoms with Gasteiger partial charge in [0.1, 0.15) is 5.41 Å². The van der Waals surface area contributed by atoms with Gasteiger partial charge in [-0.2, -0.15) is 0 Å². The number of aliphatic carboxylic acids is 1. The first-order valence-corrected chi connectivity index (χ1v) is 5.04. The highest BCUT2D eigenvalue weighted by Crippen LogP contribution is 2.41. The lowest BCUT2D eigenvalue weighted by atomic mass is 9.72. The Balaban J connectivity index is 2.83. The van der Waals surface area contributed by atoms with Crippen LogP contribution in [0.4, 0.5) is 0 Å². The SMILES string of the molecule is COC(OC)C1(C(=O)O)CCC(O)CC1. The van der Waals surface area contributed by atoms with Crippen LogP contribution >= 0.6 is 0 Å². The number of carboxylic acid groups (broad SMARTS) is 1. The summed E-state index contributed by atoms with van der Waals surface area (Å²) < 4.78 is 10.1. The van der Waals surface area contributed by atoms with Gasteiger partial charge in [-0.3, -0.25) is 4.79 Å². The highest BCUT2D eigenvalue weighted by molar-refractivity contribution is 5.75. The van der Waals surface area contributed by atoms with Crippen LogP contribution in [0, 0.1) is 5.41 Å². The predicted molar refractivity (Wildman–Crippen MR) is 52.3 cm³/mol. The molecule has 1 aliphatic rings. The van der Waals surface area contributed by atoms with Crippen molar-refractivity contribution in [1.82, 2.24) is 0 Å². The summed E-state index contributed by atoms with van der Waals surface area (Å²) in [5.74, 6) is -0.914. The molecule has 88 valence electrons. The van der Waals surface area contributed by atoms with E-state index < -0.39 is 23.8 Å². The molecule has 15 heavy (non-hydrogen) atoms. The first-order valence-electron chi connectivity index (χ1n) is 5.04. The summed E-state index contributed by atoms with van der Waals surface area (Å²) in [4.78, 5) is 11.3. The molecule has 0 unspecified atom stereocenters. The number of ether oxygens (including phenoxy) is 2. The molecule has 0 aliphatic heterocycles. The Hall–Kier alpha value is -0.650. The number of rotatable bonds is 4. The van der Waals surface area contributed by atoms with Crippen molar-refractivity contribution in [1.29, 1.82) is 0 Å². The highest BCUT2D eigenvalue weighted by atomic mass is 16.7. The van der Waals surface area contributed by atoms with E-state index in [0.717, 1.165) is 0 Å². The van der Waals surface area contributed by atoms with Crippen LogP contribution in [0.1, 0.15) is 25.7 Å². The molecular weight excluding hydrogens is 200 g/mol. The first kappa shape index (κ1) is 12.4. The molecule has 0 radical (unpaired) electrons. The molecule has 0 aromatic rings. The molecule has 0 atom stereocenters. The predicted octanol–water partition coefficient (Wildman–Crippen LogP) is 0.611. The Labute approximate surface area is 89.0 Å². The molecule has 0 heterocycles. The van der Waals surface area contributed by atoms with Crippen molar-refractivity contribution in [2.75, 3.05) is 14.2 Å². The first-order chi connectivity index (χ1) is 7.06. The largest absolute Gasteiger partial charge is 0.481 e. The van der Waals surface area contributed by atoms with E-state index in [4.69, 9.17) is 9.47 Å². The molecule has 0 bridgehead atoms. The standard InChI is InChI=1S/C10H18O5/c1-14-9(15-2)10(8(12)13)5-3-7(11)4-6-10/h7,9,11H,3-6H2,1-2H3,(H,12,13). The number of carboxylic acids is 1. The van der Waals surface area contributed by atoms with Crippen LogP contribution in [0.15, 0.2) is 0 Å². The van der Waals surface area contributed by atoms with E-state index in [1.807, 2.05) is 0 Å². The van der Waals surface area contributed by atoms with Crippen LogP contribution in [0.5, 0.6) is 0 Å². The average Bonchev–Trinajstić information content (AvgIpc) is 2.22. The number of hydrogen-bond acceptors (Lipinski definition) is 4. The lowest BCUT2D eigenvalue weighted by molar-refractivity contribution is -0.209. The molecule has 1 rings (SSSR count). The third kappa shape index (κ3) is 2.30. The number of hydrogen-bond donors (Lipinski definition) is 2. The summed E-state index contributed by atoms with van der Waals surface area (Å²) in [6.45, 7) is 0. The minimum Gasteiger partial charge on any atom is -0.481 e. The molecule has 1 fully saturated rings. The van der Waals surface area contributed by atoms with E-state index in [-0.39, 0.29) is 0 Å². The third-order valence-corrected chi connectivity index (χ3v) is 3.15. The average molecular weight is 218 g/mol. The van der Waals surface area contributed by atoms with Gasteiger partial charge in [0.05, 0.1) is 6.10 Å².